The molecule has 146 valence electrons. The van der Waals surface area contributed by atoms with Gasteiger partial charge in [-0.2, -0.15) is 0 Å². The molecule has 1 heterocycles. The van der Waals surface area contributed by atoms with Crippen LogP contribution in [0.4, 0.5) is 0 Å². The van der Waals surface area contributed by atoms with Gasteiger partial charge in [-0.05, 0) is 80.2 Å². The van der Waals surface area contributed by atoms with Crippen molar-refractivity contribution in [1.82, 2.24) is 9.55 Å². The first-order chi connectivity index (χ1) is 13.6. The molecule has 0 saturated heterocycles. The van der Waals surface area contributed by atoms with E-state index in [0.29, 0.717) is 10.8 Å². The largest absolute Gasteiger partial charge is 0.302 e. The molecular weight excluding hydrogens is 340 g/mol. The van der Waals surface area contributed by atoms with E-state index in [-0.39, 0.29) is 0 Å². The third-order valence-corrected chi connectivity index (χ3v) is 9.27. The van der Waals surface area contributed by atoms with Crippen molar-refractivity contribution >= 4 is 16.7 Å². The van der Waals surface area contributed by atoms with E-state index in [0.717, 1.165) is 23.3 Å². The Hall–Kier alpha value is -1.83. The van der Waals surface area contributed by atoms with Crippen LogP contribution in [0.25, 0.3) is 16.7 Å². The van der Waals surface area contributed by atoms with Crippen molar-refractivity contribution in [2.75, 3.05) is 0 Å². The number of benzene rings is 1. The summed E-state index contributed by atoms with van der Waals surface area (Å²) in [5.74, 6) is 2.55. The number of imidazole rings is 1. The van der Waals surface area contributed by atoms with Crippen LogP contribution >= 0.6 is 0 Å². The van der Waals surface area contributed by atoms with Gasteiger partial charge < -0.3 is 4.57 Å². The number of hydrogen-bond donors (Lipinski definition) is 0. The first-order valence-electron chi connectivity index (χ1n) is 11.4. The third-order valence-electron chi connectivity index (χ3n) is 9.27. The maximum atomic E-state index is 4.69. The Morgan fingerprint density at radius 3 is 2.79 bits per heavy atom. The van der Waals surface area contributed by atoms with Crippen LogP contribution in [-0.2, 0) is 0 Å². The molecule has 4 aliphatic carbocycles. The van der Waals surface area contributed by atoms with Crippen molar-refractivity contribution in [2.45, 2.75) is 65.2 Å². The molecule has 0 bridgehead atoms. The third kappa shape index (κ3) is 2.12. The highest BCUT2D eigenvalue weighted by Crippen LogP contribution is 2.65. The topological polar surface area (TPSA) is 17.8 Å². The van der Waals surface area contributed by atoms with Crippen LogP contribution in [0.3, 0.4) is 0 Å². The maximum Gasteiger partial charge on any atom is 0.100 e. The van der Waals surface area contributed by atoms with Crippen LogP contribution in [0.5, 0.6) is 0 Å². The van der Waals surface area contributed by atoms with Gasteiger partial charge >= 0.3 is 0 Å². The van der Waals surface area contributed by atoms with E-state index in [1.807, 2.05) is 5.57 Å². The zero-order valence-electron chi connectivity index (χ0n) is 17.3. The van der Waals surface area contributed by atoms with Gasteiger partial charge in [-0.15, -0.1) is 0 Å². The van der Waals surface area contributed by atoms with Gasteiger partial charge in [-0.25, -0.2) is 4.98 Å². The summed E-state index contributed by atoms with van der Waals surface area (Å²) >= 11 is 0. The number of hydrogen-bond acceptors (Lipinski definition) is 1. The predicted octanol–water partition coefficient (Wildman–Crippen LogP) is 6.84. The first kappa shape index (κ1) is 17.1. The SMILES string of the molecule is CC12CCCCC1=CCC1C2CCC2(C)C(n3cnc4ccccc43)=CCC12. The lowest BCUT2D eigenvalue weighted by molar-refractivity contribution is -0.0112. The number of allylic oxidation sites excluding steroid dienone is 4. The molecule has 1 aromatic heterocycles. The second kappa shape index (κ2) is 5.84. The molecular formula is C26H32N2. The zero-order chi connectivity index (χ0) is 18.9. The molecule has 0 aliphatic heterocycles. The Bertz CT molecular complexity index is 995. The van der Waals surface area contributed by atoms with Crippen molar-refractivity contribution in [3.8, 4) is 0 Å². The maximum absolute atomic E-state index is 4.69. The molecule has 4 aliphatic rings. The molecule has 28 heavy (non-hydrogen) atoms. The lowest BCUT2D eigenvalue weighted by Crippen LogP contribution is -2.49. The molecule has 0 radical (unpaired) electrons. The highest BCUT2D eigenvalue weighted by molar-refractivity contribution is 5.80. The molecule has 2 saturated carbocycles. The van der Waals surface area contributed by atoms with Gasteiger partial charge in [0, 0.05) is 11.1 Å². The smallest absolute Gasteiger partial charge is 0.100 e. The normalized spacial score (nSPS) is 39.7. The fourth-order valence-electron chi connectivity index (χ4n) is 7.77. The summed E-state index contributed by atoms with van der Waals surface area (Å²) in [6, 6.07) is 8.60. The minimum absolute atomic E-state index is 0.293. The number of rotatable bonds is 1. The van der Waals surface area contributed by atoms with E-state index in [1.165, 1.54) is 62.6 Å². The Morgan fingerprint density at radius 2 is 1.86 bits per heavy atom. The van der Waals surface area contributed by atoms with E-state index in [4.69, 9.17) is 4.98 Å². The molecule has 2 heteroatoms. The van der Waals surface area contributed by atoms with Crippen LogP contribution in [0.2, 0.25) is 0 Å². The summed E-state index contributed by atoms with van der Waals surface area (Å²) in [6.07, 6.45) is 18.2. The van der Waals surface area contributed by atoms with E-state index in [1.54, 1.807) is 0 Å². The second-order valence-corrected chi connectivity index (χ2v) is 10.4. The minimum atomic E-state index is 0.293. The molecule has 2 fully saturated rings. The minimum Gasteiger partial charge on any atom is -0.302 e. The number of para-hydroxylation sites is 2. The first-order valence-corrected chi connectivity index (χ1v) is 11.4. The fraction of sp³-hybridized carbons (Fsp3) is 0.577. The van der Waals surface area contributed by atoms with E-state index in [2.05, 4.69) is 61.2 Å². The van der Waals surface area contributed by atoms with Crippen LogP contribution in [-0.4, -0.2) is 9.55 Å². The molecule has 6 rings (SSSR count). The van der Waals surface area contributed by atoms with E-state index >= 15 is 0 Å². The van der Waals surface area contributed by atoms with E-state index in [9.17, 15) is 0 Å². The molecule has 0 amide bonds. The molecule has 5 atom stereocenters. The second-order valence-electron chi connectivity index (χ2n) is 10.4. The lowest BCUT2D eigenvalue weighted by atomic mass is 9.48. The Labute approximate surface area is 168 Å². The van der Waals surface area contributed by atoms with E-state index < -0.39 is 0 Å². The average Bonchev–Trinajstić information content (AvgIpc) is 3.28. The molecule has 2 nitrogen and oxygen atoms in total. The van der Waals surface area contributed by atoms with Crippen LogP contribution < -0.4 is 0 Å². The van der Waals surface area contributed by atoms with Gasteiger partial charge in [0.25, 0.3) is 0 Å². The Morgan fingerprint density at radius 1 is 0.964 bits per heavy atom. The van der Waals surface area contributed by atoms with Crippen molar-refractivity contribution < 1.29 is 0 Å². The number of fused-ring (bicyclic) bond motifs is 6. The highest BCUT2D eigenvalue weighted by atomic mass is 15.1. The standard InChI is InChI=1S/C26H32N2/c1-25-15-6-5-7-18(25)10-11-19-20-12-13-24(26(20,2)16-14-21(19)25)28-17-27-22-8-3-4-9-23(22)28/h3-4,8-10,13,17,19-21H,5-7,11-12,14-16H2,1-2H3. The van der Waals surface area contributed by atoms with Crippen LogP contribution in [0.1, 0.15) is 65.2 Å². The van der Waals surface area contributed by atoms with Gasteiger partial charge in [0.05, 0.1) is 11.0 Å². The van der Waals surface area contributed by atoms with Crippen LogP contribution in [0.15, 0.2) is 48.3 Å². The molecule has 0 spiro atoms. The van der Waals surface area contributed by atoms with Gasteiger partial charge in [0.15, 0.2) is 0 Å². The quantitative estimate of drug-likeness (QED) is 0.501. The molecule has 0 N–H and O–H groups in total. The van der Waals surface area contributed by atoms with Gasteiger partial charge in [0.1, 0.15) is 6.33 Å². The fourth-order valence-corrected chi connectivity index (χ4v) is 7.77. The molecule has 5 unspecified atom stereocenters. The molecule has 2 aromatic rings. The Balaban J connectivity index is 1.38. The van der Waals surface area contributed by atoms with Gasteiger partial charge in [-0.1, -0.05) is 50.1 Å². The van der Waals surface area contributed by atoms with Crippen molar-refractivity contribution in [2.24, 2.45) is 28.6 Å². The number of aromatic nitrogens is 2. The highest BCUT2D eigenvalue weighted by Gasteiger charge is 2.56. The monoisotopic (exact) mass is 372 g/mol. The predicted molar refractivity (Wildman–Crippen MR) is 116 cm³/mol. The molecule has 1 aromatic carbocycles. The summed E-state index contributed by atoms with van der Waals surface area (Å²) in [7, 11) is 0. The lowest BCUT2D eigenvalue weighted by Gasteiger charge is -2.57. The average molecular weight is 373 g/mol. The van der Waals surface area contributed by atoms with Crippen molar-refractivity contribution in [3.63, 3.8) is 0 Å². The van der Waals surface area contributed by atoms with Gasteiger partial charge in [0.2, 0.25) is 0 Å². The summed E-state index contributed by atoms with van der Waals surface area (Å²) in [6.45, 7) is 5.17. The van der Waals surface area contributed by atoms with Crippen molar-refractivity contribution in [1.29, 1.82) is 0 Å². The number of nitrogens with zero attached hydrogens (tertiary/aromatic N) is 2. The van der Waals surface area contributed by atoms with Gasteiger partial charge in [-0.3, -0.25) is 0 Å². The Kier molecular flexibility index (Phi) is 3.56. The summed E-state index contributed by atoms with van der Waals surface area (Å²) < 4.78 is 2.40. The van der Waals surface area contributed by atoms with Crippen molar-refractivity contribution in [3.05, 3.63) is 48.3 Å². The summed E-state index contributed by atoms with van der Waals surface area (Å²) in [5.41, 5.74) is 6.50. The zero-order valence-corrected chi connectivity index (χ0v) is 17.3. The van der Waals surface area contributed by atoms with Crippen LogP contribution in [0, 0.1) is 28.6 Å². The summed E-state index contributed by atoms with van der Waals surface area (Å²) in [4.78, 5) is 4.69. The summed E-state index contributed by atoms with van der Waals surface area (Å²) in [5, 5.41) is 0.